The molecule has 0 amide bonds. The summed E-state index contributed by atoms with van der Waals surface area (Å²) in [5.41, 5.74) is 0. The van der Waals surface area contributed by atoms with Gasteiger partial charge in [0, 0.05) is 6.07 Å². The van der Waals surface area contributed by atoms with Gasteiger partial charge in [0.15, 0.2) is 0 Å². The standard InChI is InChI=1S/C10H8ClN3O2/c1-15-9-5-8(11)13-10(14-9)12-6-7-3-2-4-16-7/h2-6H,1H3/b12-6+. The van der Waals surface area contributed by atoms with Gasteiger partial charge < -0.3 is 9.15 Å². The van der Waals surface area contributed by atoms with Crippen molar-refractivity contribution in [3.8, 4) is 5.88 Å². The van der Waals surface area contributed by atoms with E-state index in [2.05, 4.69) is 15.0 Å². The zero-order valence-electron chi connectivity index (χ0n) is 8.42. The predicted octanol–water partition coefficient (Wildman–Crippen LogP) is 2.48. The Morgan fingerprint density at radius 2 is 2.38 bits per heavy atom. The fraction of sp³-hybridized carbons (Fsp3) is 0.100. The van der Waals surface area contributed by atoms with Crippen LogP contribution in [0, 0.1) is 0 Å². The number of ether oxygens (including phenoxy) is 1. The van der Waals surface area contributed by atoms with Crippen LogP contribution >= 0.6 is 11.6 Å². The van der Waals surface area contributed by atoms with Crippen molar-refractivity contribution in [3.05, 3.63) is 35.4 Å². The Hall–Kier alpha value is -1.88. The van der Waals surface area contributed by atoms with E-state index < -0.39 is 0 Å². The minimum Gasteiger partial charge on any atom is -0.481 e. The van der Waals surface area contributed by atoms with Gasteiger partial charge in [-0.15, -0.1) is 0 Å². The number of aromatic nitrogens is 2. The van der Waals surface area contributed by atoms with Crippen molar-refractivity contribution in [2.24, 2.45) is 4.99 Å². The van der Waals surface area contributed by atoms with Gasteiger partial charge in [0.1, 0.15) is 10.9 Å². The Labute approximate surface area is 96.8 Å². The highest BCUT2D eigenvalue weighted by molar-refractivity contribution is 6.29. The highest BCUT2D eigenvalue weighted by Gasteiger charge is 2.01. The Morgan fingerprint density at radius 1 is 1.50 bits per heavy atom. The first-order valence-electron chi connectivity index (χ1n) is 4.44. The Morgan fingerprint density at radius 3 is 3.06 bits per heavy atom. The summed E-state index contributed by atoms with van der Waals surface area (Å²) in [7, 11) is 1.50. The highest BCUT2D eigenvalue weighted by Crippen LogP contribution is 2.17. The van der Waals surface area contributed by atoms with Crippen LogP contribution in [0.25, 0.3) is 0 Å². The molecule has 0 atom stereocenters. The summed E-state index contributed by atoms with van der Waals surface area (Å²) in [6.45, 7) is 0. The summed E-state index contributed by atoms with van der Waals surface area (Å²) in [6, 6.07) is 5.04. The molecule has 0 aliphatic carbocycles. The van der Waals surface area contributed by atoms with Crippen LogP contribution in [0.3, 0.4) is 0 Å². The SMILES string of the molecule is COc1cc(Cl)nc(/N=C/c2ccco2)n1. The van der Waals surface area contributed by atoms with Gasteiger partial charge in [0.2, 0.25) is 5.88 Å². The van der Waals surface area contributed by atoms with E-state index in [0.29, 0.717) is 11.6 Å². The van der Waals surface area contributed by atoms with E-state index in [1.807, 2.05) is 0 Å². The minimum absolute atomic E-state index is 0.223. The molecule has 0 fully saturated rings. The van der Waals surface area contributed by atoms with Crippen molar-refractivity contribution in [3.63, 3.8) is 0 Å². The molecule has 0 aliphatic rings. The maximum absolute atomic E-state index is 5.76. The monoisotopic (exact) mass is 237 g/mol. The molecular weight excluding hydrogens is 230 g/mol. The summed E-state index contributed by atoms with van der Waals surface area (Å²) >= 11 is 5.76. The minimum atomic E-state index is 0.223. The summed E-state index contributed by atoms with van der Waals surface area (Å²) in [6.07, 6.45) is 3.06. The van der Waals surface area contributed by atoms with E-state index in [-0.39, 0.29) is 11.1 Å². The lowest BCUT2D eigenvalue weighted by atomic mass is 10.5. The predicted molar refractivity (Wildman–Crippen MR) is 59.6 cm³/mol. The summed E-state index contributed by atoms with van der Waals surface area (Å²) < 4.78 is 10.0. The van der Waals surface area contributed by atoms with E-state index >= 15 is 0 Å². The van der Waals surface area contributed by atoms with Gasteiger partial charge in [0.05, 0.1) is 19.6 Å². The molecule has 0 unspecified atom stereocenters. The largest absolute Gasteiger partial charge is 0.481 e. The smallest absolute Gasteiger partial charge is 0.254 e. The average Bonchev–Trinajstić information content (AvgIpc) is 2.78. The third-order valence-electron chi connectivity index (χ3n) is 1.72. The van der Waals surface area contributed by atoms with E-state index in [1.165, 1.54) is 19.4 Å². The Bertz CT molecular complexity index is 497. The molecule has 0 radical (unpaired) electrons. The average molecular weight is 238 g/mol. The first-order chi connectivity index (χ1) is 7.78. The van der Waals surface area contributed by atoms with Gasteiger partial charge >= 0.3 is 0 Å². The van der Waals surface area contributed by atoms with Crippen LogP contribution in [0.4, 0.5) is 5.95 Å². The van der Waals surface area contributed by atoms with E-state index in [4.69, 9.17) is 20.8 Å². The summed E-state index contributed by atoms with van der Waals surface area (Å²) in [5, 5.41) is 0.276. The van der Waals surface area contributed by atoms with Crippen LogP contribution in [-0.4, -0.2) is 23.3 Å². The van der Waals surface area contributed by atoms with Crippen molar-refractivity contribution < 1.29 is 9.15 Å². The molecule has 0 aromatic carbocycles. The van der Waals surface area contributed by atoms with Crippen molar-refractivity contribution in [2.45, 2.75) is 0 Å². The first-order valence-corrected chi connectivity index (χ1v) is 4.82. The van der Waals surface area contributed by atoms with Gasteiger partial charge in [-0.05, 0) is 12.1 Å². The number of halogens is 1. The molecule has 82 valence electrons. The van der Waals surface area contributed by atoms with Crippen LogP contribution in [0.5, 0.6) is 5.88 Å². The zero-order chi connectivity index (χ0) is 11.4. The van der Waals surface area contributed by atoms with E-state index in [9.17, 15) is 0 Å². The molecule has 2 rings (SSSR count). The number of hydrogen-bond acceptors (Lipinski definition) is 5. The lowest BCUT2D eigenvalue weighted by Gasteiger charge is -1.99. The van der Waals surface area contributed by atoms with Gasteiger partial charge in [-0.25, -0.2) is 4.99 Å². The number of aliphatic imine (C=N–C) groups is 1. The van der Waals surface area contributed by atoms with E-state index in [1.54, 1.807) is 18.4 Å². The molecule has 0 bridgehead atoms. The topological polar surface area (TPSA) is 60.5 Å². The molecule has 0 spiro atoms. The first kappa shape index (κ1) is 10.6. The second-order valence-electron chi connectivity index (χ2n) is 2.81. The van der Waals surface area contributed by atoms with Gasteiger partial charge in [-0.1, -0.05) is 11.6 Å². The van der Waals surface area contributed by atoms with Crippen molar-refractivity contribution >= 4 is 23.8 Å². The van der Waals surface area contributed by atoms with Crippen LogP contribution in [0.2, 0.25) is 5.15 Å². The molecule has 16 heavy (non-hydrogen) atoms. The van der Waals surface area contributed by atoms with E-state index in [0.717, 1.165) is 0 Å². The molecule has 2 aromatic heterocycles. The molecule has 0 aliphatic heterocycles. The second kappa shape index (κ2) is 4.76. The lowest BCUT2D eigenvalue weighted by molar-refractivity contribution is 0.397. The third-order valence-corrected chi connectivity index (χ3v) is 1.91. The Balaban J connectivity index is 2.24. The normalized spacial score (nSPS) is 10.9. The molecule has 0 N–H and O–H groups in total. The van der Waals surface area contributed by atoms with Crippen molar-refractivity contribution in [1.29, 1.82) is 0 Å². The second-order valence-corrected chi connectivity index (χ2v) is 3.19. The van der Waals surface area contributed by atoms with Crippen LogP contribution in [0.15, 0.2) is 33.9 Å². The molecule has 2 aromatic rings. The van der Waals surface area contributed by atoms with Crippen LogP contribution in [-0.2, 0) is 0 Å². The molecule has 5 nitrogen and oxygen atoms in total. The lowest BCUT2D eigenvalue weighted by Crippen LogP contribution is -1.90. The number of furan rings is 1. The van der Waals surface area contributed by atoms with Gasteiger partial charge in [-0.2, -0.15) is 9.97 Å². The quantitative estimate of drug-likeness (QED) is 0.608. The van der Waals surface area contributed by atoms with Gasteiger partial charge in [-0.3, -0.25) is 0 Å². The number of methoxy groups -OCH3 is 1. The fourth-order valence-electron chi connectivity index (χ4n) is 1.03. The van der Waals surface area contributed by atoms with Crippen molar-refractivity contribution in [1.82, 2.24) is 9.97 Å². The molecule has 2 heterocycles. The van der Waals surface area contributed by atoms with Crippen LogP contribution in [0.1, 0.15) is 5.76 Å². The maximum atomic E-state index is 5.76. The molecular formula is C10H8ClN3O2. The number of nitrogens with zero attached hydrogens (tertiary/aromatic N) is 3. The number of hydrogen-bond donors (Lipinski definition) is 0. The van der Waals surface area contributed by atoms with Crippen molar-refractivity contribution in [2.75, 3.05) is 7.11 Å². The third kappa shape index (κ3) is 2.58. The zero-order valence-corrected chi connectivity index (χ0v) is 9.18. The number of rotatable bonds is 3. The Kier molecular flexibility index (Phi) is 3.16. The summed E-state index contributed by atoms with van der Waals surface area (Å²) in [4.78, 5) is 11.9. The highest BCUT2D eigenvalue weighted by atomic mass is 35.5. The molecule has 6 heteroatoms. The van der Waals surface area contributed by atoms with Gasteiger partial charge in [0.25, 0.3) is 5.95 Å². The summed E-state index contributed by atoms with van der Waals surface area (Å²) in [5.74, 6) is 1.20. The van der Waals surface area contributed by atoms with Crippen LogP contribution < -0.4 is 4.74 Å². The maximum Gasteiger partial charge on any atom is 0.254 e. The fourth-order valence-corrected chi connectivity index (χ4v) is 1.20. The molecule has 0 saturated heterocycles. The molecule has 0 saturated carbocycles.